The van der Waals surface area contributed by atoms with Crippen LogP contribution in [0.15, 0.2) is 53.8 Å². The number of fused-ring (bicyclic) bond motifs is 1. The predicted octanol–water partition coefficient (Wildman–Crippen LogP) is 4.75. The van der Waals surface area contributed by atoms with Crippen LogP contribution in [0.2, 0.25) is 0 Å². The summed E-state index contributed by atoms with van der Waals surface area (Å²) < 4.78 is 2.04. The van der Waals surface area contributed by atoms with Crippen molar-refractivity contribution < 1.29 is 4.79 Å². The number of amides is 1. The predicted molar refractivity (Wildman–Crippen MR) is 137 cm³/mol. The molecule has 6 rings (SSSR count). The maximum absolute atomic E-state index is 12.9. The lowest BCUT2D eigenvalue weighted by Gasteiger charge is -2.46. The van der Waals surface area contributed by atoms with Crippen molar-refractivity contribution in [3.8, 4) is 0 Å². The van der Waals surface area contributed by atoms with Gasteiger partial charge in [-0.05, 0) is 67.3 Å². The lowest BCUT2D eigenvalue weighted by atomic mass is 9.58. The summed E-state index contributed by atoms with van der Waals surface area (Å²) in [7, 11) is 2.02. The molecule has 3 aromatic rings. The van der Waals surface area contributed by atoms with Gasteiger partial charge in [0.05, 0.1) is 16.7 Å². The summed E-state index contributed by atoms with van der Waals surface area (Å²) in [5.74, 6) is 2.26. The number of hydrogen-bond donors (Lipinski definition) is 0. The molecule has 180 valence electrons. The van der Waals surface area contributed by atoms with Crippen molar-refractivity contribution in [3.05, 3.63) is 82.4 Å². The van der Waals surface area contributed by atoms with E-state index >= 15 is 0 Å². The van der Waals surface area contributed by atoms with Crippen LogP contribution < -0.4 is 0 Å². The molecule has 35 heavy (non-hydrogen) atoms. The average Bonchev–Trinajstić information content (AvgIpc) is 3.40. The minimum atomic E-state index is -0.137. The first-order valence-electron chi connectivity index (χ1n) is 12.9. The molecule has 6 heteroatoms. The molecule has 2 fully saturated rings. The van der Waals surface area contributed by atoms with Gasteiger partial charge in [0, 0.05) is 31.3 Å². The quantitative estimate of drug-likeness (QED) is 0.543. The Hall–Kier alpha value is -3.12. The van der Waals surface area contributed by atoms with Crippen LogP contribution in [-0.4, -0.2) is 44.4 Å². The third kappa shape index (κ3) is 3.84. The number of hydrogen-bond acceptors (Lipinski definition) is 4. The molecule has 0 radical (unpaired) electrons. The van der Waals surface area contributed by atoms with Gasteiger partial charge in [-0.15, -0.1) is 10.2 Å². The van der Waals surface area contributed by atoms with Crippen molar-refractivity contribution in [1.82, 2.24) is 19.7 Å². The number of aromatic nitrogens is 3. The molecule has 3 heterocycles. The van der Waals surface area contributed by atoms with E-state index in [2.05, 4.69) is 76.4 Å². The van der Waals surface area contributed by atoms with E-state index < -0.39 is 0 Å². The molecule has 1 amide bonds. The number of aryl methyl sites for hydroxylation is 1. The minimum absolute atomic E-state index is 0.130. The Kier molecular flexibility index (Phi) is 5.44. The number of aliphatic imine (C=N–C) groups is 1. The highest BCUT2D eigenvalue weighted by Crippen LogP contribution is 2.51. The number of benzene rings is 2. The van der Waals surface area contributed by atoms with Crippen LogP contribution in [0.1, 0.15) is 78.0 Å². The SMILES string of the molecule is CC1CC(c2cccc(C3=NC(=O)c4cc(CN5CCC[C@H](C)C5)ccc43)c2)(c2nncn2C)C1. The van der Waals surface area contributed by atoms with E-state index in [9.17, 15) is 4.79 Å². The second-order valence-corrected chi connectivity index (χ2v) is 11.1. The molecule has 3 aliphatic rings. The van der Waals surface area contributed by atoms with Crippen LogP contribution in [-0.2, 0) is 19.0 Å². The topological polar surface area (TPSA) is 63.4 Å². The van der Waals surface area contributed by atoms with E-state index in [1.807, 2.05) is 11.6 Å². The number of carbonyl (C=O) groups excluding carboxylic acids is 1. The van der Waals surface area contributed by atoms with E-state index in [0.717, 1.165) is 66.6 Å². The van der Waals surface area contributed by atoms with E-state index in [1.165, 1.54) is 24.0 Å². The number of carbonyl (C=O) groups is 1. The van der Waals surface area contributed by atoms with Gasteiger partial charge in [0.1, 0.15) is 12.2 Å². The van der Waals surface area contributed by atoms with Crippen molar-refractivity contribution in [1.29, 1.82) is 0 Å². The third-order valence-corrected chi connectivity index (χ3v) is 8.15. The molecular weight excluding hydrogens is 434 g/mol. The van der Waals surface area contributed by atoms with Crippen molar-refractivity contribution in [2.75, 3.05) is 13.1 Å². The van der Waals surface area contributed by atoms with Crippen molar-refractivity contribution >= 4 is 11.6 Å². The zero-order valence-corrected chi connectivity index (χ0v) is 20.9. The molecule has 1 saturated carbocycles. The van der Waals surface area contributed by atoms with Crippen molar-refractivity contribution in [2.45, 2.75) is 51.5 Å². The first kappa shape index (κ1) is 22.4. The summed E-state index contributed by atoms with van der Waals surface area (Å²) in [4.78, 5) is 20.0. The Morgan fingerprint density at radius 3 is 2.66 bits per heavy atom. The van der Waals surface area contributed by atoms with E-state index in [1.54, 1.807) is 6.33 Å². The van der Waals surface area contributed by atoms with Crippen LogP contribution in [0.3, 0.4) is 0 Å². The first-order chi connectivity index (χ1) is 16.9. The van der Waals surface area contributed by atoms with Crippen LogP contribution in [0.5, 0.6) is 0 Å². The number of nitrogens with zero attached hydrogens (tertiary/aromatic N) is 5. The Labute approximate surface area is 207 Å². The molecule has 0 bridgehead atoms. The first-order valence-corrected chi connectivity index (χ1v) is 12.9. The maximum atomic E-state index is 12.9. The van der Waals surface area contributed by atoms with Gasteiger partial charge in [0.25, 0.3) is 5.91 Å². The van der Waals surface area contributed by atoms with Gasteiger partial charge in [-0.3, -0.25) is 9.69 Å². The molecule has 1 atom stereocenters. The number of likely N-dealkylation sites (tertiary alicyclic amines) is 1. The second-order valence-electron chi connectivity index (χ2n) is 11.1. The van der Waals surface area contributed by atoms with Crippen LogP contribution in [0.25, 0.3) is 0 Å². The summed E-state index contributed by atoms with van der Waals surface area (Å²) in [6.07, 6.45) is 6.43. The molecular formula is C29H33N5O. The molecule has 1 saturated heterocycles. The van der Waals surface area contributed by atoms with Gasteiger partial charge in [-0.1, -0.05) is 44.2 Å². The summed E-state index contributed by atoms with van der Waals surface area (Å²) >= 11 is 0. The zero-order chi connectivity index (χ0) is 24.2. The zero-order valence-electron chi connectivity index (χ0n) is 20.9. The lowest BCUT2D eigenvalue weighted by Crippen LogP contribution is -2.43. The van der Waals surface area contributed by atoms with Gasteiger partial charge in [-0.2, -0.15) is 0 Å². The summed E-state index contributed by atoms with van der Waals surface area (Å²) in [5, 5.41) is 8.64. The largest absolute Gasteiger partial charge is 0.320 e. The fourth-order valence-corrected chi connectivity index (χ4v) is 6.56. The Bertz CT molecular complexity index is 1320. The van der Waals surface area contributed by atoms with Gasteiger partial charge >= 0.3 is 0 Å². The Morgan fingerprint density at radius 2 is 1.91 bits per heavy atom. The average molecular weight is 468 g/mol. The summed E-state index contributed by atoms with van der Waals surface area (Å²) in [6.45, 7) is 7.78. The lowest BCUT2D eigenvalue weighted by molar-refractivity contribution is 0.101. The highest BCUT2D eigenvalue weighted by Gasteiger charge is 2.48. The molecule has 6 nitrogen and oxygen atoms in total. The van der Waals surface area contributed by atoms with Crippen molar-refractivity contribution in [2.24, 2.45) is 23.9 Å². The number of rotatable bonds is 5. The Balaban J connectivity index is 1.31. The van der Waals surface area contributed by atoms with Crippen LogP contribution in [0.4, 0.5) is 0 Å². The van der Waals surface area contributed by atoms with E-state index in [-0.39, 0.29) is 11.3 Å². The monoisotopic (exact) mass is 467 g/mol. The highest BCUT2D eigenvalue weighted by atomic mass is 16.1. The Morgan fingerprint density at radius 1 is 1.06 bits per heavy atom. The molecule has 0 N–H and O–H groups in total. The van der Waals surface area contributed by atoms with Gasteiger partial charge < -0.3 is 4.57 Å². The second kappa shape index (κ2) is 8.52. The molecule has 0 unspecified atom stereocenters. The minimum Gasteiger partial charge on any atom is -0.320 e. The van der Waals surface area contributed by atoms with Gasteiger partial charge in [0.2, 0.25) is 0 Å². The highest BCUT2D eigenvalue weighted by molar-refractivity contribution is 6.27. The van der Waals surface area contributed by atoms with Gasteiger partial charge in [-0.25, -0.2) is 4.99 Å². The standard InChI is InChI=1S/C29H33N5O/c1-19-6-5-11-34(16-19)17-21-9-10-24-25(12-21)27(35)31-26(24)22-7-4-8-23(13-22)29(14-20(2)15-29)28-32-30-18-33(28)3/h4,7-10,12-13,18-20H,5-6,11,14-17H2,1-3H3/t19-,20?,29?/m0/s1. The number of piperidine rings is 1. The maximum Gasteiger partial charge on any atom is 0.278 e. The van der Waals surface area contributed by atoms with E-state index in [0.29, 0.717) is 5.92 Å². The summed E-state index contributed by atoms with van der Waals surface area (Å²) in [6, 6.07) is 14.9. The van der Waals surface area contributed by atoms with Crippen molar-refractivity contribution in [3.63, 3.8) is 0 Å². The smallest absolute Gasteiger partial charge is 0.278 e. The van der Waals surface area contributed by atoms with E-state index in [4.69, 9.17) is 0 Å². The fraction of sp³-hybridized carbons (Fsp3) is 0.448. The van der Waals surface area contributed by atoms with Crippen LogP contribution in [0, 0.1) is 11.8 Å². The summed E-state index contributed by atoms with van der Waals surface area (Å²) in [5.41, 5.74) is 5.73. The molecule has 1 aliphatic carbocycles. The fourth-order valence-electron chi connectivity index (χ4n) is 6.56. The molecule has 2 aromatic carbocycles. The molecule has 1 aromatic heterocycles. The molecule has 0 spiro atoms. The molecule has 2 aliphatic heterocycles. The third-order valence-electron chi connectivity index (χ3n) is 8.15. The normalized spacial score (nSPS) is 26.4. The van der Waals surface area contributed by atoms with Crippen LogP contribution >= 0.6 is 0 Å². The van der Waals surface area contributed by atoms with Gasteiger partial charge in [0.15, 0.2) is 0 Å².